The maximum atomic E-state index is 12.7. The van der Waals surface area contributed by atoms with E-state index in [0.717, 1.165) is 18.2 Å². The molecule has 0 atom stereocenters. The first-order chi connectivity index (χ1) is 15.0. The molecule has 0 aliphatic rings. The van der Waals surface area contributed by atoms with Crippen LogP contribution in [0.5, 0.6) is 0 Å². The van der Waals surface area contributed by atoms with E-state index in [-0.39, 0.29) is 24.4 Å². The Balaban J connectivity index is 1.72. The van der Waals surface area contributed by atoms with Crippen LogP contribution >= 0.6 is 0 Å². The molecular weight excluding hydrogens is 431 g/mol. The van der Waals surface area contributed by atoms with Crippen molar-refractivity contribution in [2.45, 2.75) is 25.9 Å². The normalized spacial score (nSPS) is 10.8. The summed E-state index contributed by atoms with van der Waals surface area (Å²) in [6.45, 7) is 0.778. The molecule has 2 rings (SSSR count). The largest absolute Gasteiger partial charge is 0.456 e. The molecule has 0 fully saturated rings. The molecule has 0 saturated heterocycles. The minimum Gasteiger partial charge on any atom is -0.456 e. The summed E-state index contributed by atoms with van der Waals surface area (Å²) in [5.41, 5.74) is -0.00137. The van der Waals surface area contributed by atoms with Crippen LogP contribution in [-0.2, 0) is 30.1 Å². The highest BCUT2D eigenvalue weighted by Crippen LogP contribution is 2.30. The Morgan fingerprint density at radius 3 is 2.00 bits per heavy atom. The first kappa shape index (κ1) is 24.4. The summed E-state index contributed by atoms with van der Waals surface area (Å²) in [6.07, 6.45) is -5.23. The quantitative estimate of drug-likeness (QED) is 0.531. The fraction of sp³-hybridized carbons (Fsp3) is 0.238. The van der Waals surface area contributed by atoms with Crippen LogP contribution in [0.15, 0.2) is 48.5 Å². The van der Waals surface area contributed by atoms with E-state index in [0.29, 0.717) is 11.4 Å². The average molecular weight is 451 g/mol. The van der Waals surface area contributed by atoms with Crippen LogP contribution in [-0.4, -0.2) is 30.3 Å². The van der Waals surface area contributed by atoms with Crippen molar-refractivity contribution in [3.05, 3.63) is 54.1 Å². The van der Waals surface area contributed by atoms with E-state index < -0.39 is 36.1 Å². The van der Waals surface area contributed by atoms with Gasteiger partial charge in [0.1, 0.15) is 0 Å². The Bertz CT molecular complexity index is 991. The topological polar surface area (TPSA) is 114 Å². The first-order valence-corrected chi connectivity index (χ1v) is 9.33. The maximum absolute atomic E-state index is 12.7. The van der Waals surface area contributed by atoms with Gasteiger partial charge in [0.15, 0.2) is 6.61 Å². The highest BCUT2D eigenvalue weighted by molar-refractivity contribution is 5.95. The van der Waals surface area contributed by atoms with Crippen molar-refractivity contribution < 1.29 is 37.1 Å². The van der Waals surface area contributed by atoms with Crippen LogP contribution in [0, 0.1) is 0 Å². The summed E-state index contributed by atoms with van der Waals surface area (Å²) in [4.78, 5) is 46.4. The Hall–Kier alpha value is -3.89. The SMILES string of the molecule is CC(=O)Nc1ccc(NC(=O)COC(=O)CCC(=O)Nc2cccc(C(F)(F)F)c2)cc1. The van der Waals surface area contributed by atoms with E-state index in [1.165, 1.54) is 13.0 Å². The summed E-state index contributed by atoms with van der Waals surface area (Å²) in [7, 11) is 0. The molecule has 32 heavy (non-hydrogen) atoms. The monoisotopic (exact) mass is 451 g/mol. The van der Waals surface area contributed by atoms with Gasteiger partial charge in [-0.2, -0.15) is 13.2 Å². The zero-order valence-corrected chi connectivity index (χ0v) is 16.9. The second kappa shape index (κ2) is 10.9. The fourth-order valence-electron chi connectivity index (χ4n) is 2.47. The lowest BCUT2D eigenvalue weighted by Gasteiger charge is -2.10. The Kier molecular flexibility index (Phi) is 8.33. The van der Waals surface area contributed by atoms with Crippen molar-refractivity contribution in [1.29, 1.82) is 0 Å². The van der Waals surface area contributed by atoms with Crippen LogP contribution in [0.4, 0.5) is 30.2 Å². The lowest BCUT2D eigenvalue weighted by atomic mass is 10.2. The van der Waals surface area contributed by atoms with Gasteiger partial charge < -0.3 is 20.7 Å². The zero-order valence-electron chi connectivity index (χ0n) is 16.9. The third-order valence-corrected chi connectivity index (χ3v) is 3.88. The molecule has 11 heteroatoms. The standard InChI is InChI=1S/C21H20F3N3O5/c1-13(28)25-15-5-7-16(8-6-15)26-19(30)12-32-20(31)10-9-18(29)27-17-4-2-3-14(11-17)21(22,23)24/h2-8,11H,9-10,12H2,1H3,(H,25,28)(H,26,30)(H,27,29). The fourth-order valence-corrected chi connectivity index (χ4v) is 2.47. The molecule has 8 nitrogen and oxygen atoms in total. The third-order valence-electron chi connectivity index (χ3n) is 3.88. The van der Waals surface area contributed by atoms with Gasteiger partial charge in [0.2, 0.25) is 11.8 Å². The number of benzene rings is 2. The average Bonchev–Trinajstić information content (AvgIpc) is 2.71. The van der Waals surface area contributed by atoms with Crippen molar-refractivity contribution in [2.75, 3.05) is 22.6 Å². The van der Waals surface area contributed by atoms with Crippen molar-refractivity contribution in [3.8, 4) is 0 Å². The van der Waals surface area contributed by atoms with Crippen LogP contribution in [0.1, 0.15) is 25.3 Å². The molecule has 0 unspecified atom stereocenters. The summed E-state index contributed by atoms with van der Waals surface area (Å²) < 4.78 is 42.8. The number of amides is 3. The molecular formula is C21H20F3N3O5. The zero-order chi connectivity index (χ0) is 23.7. The number of carbonyl (C=O) groups is 4. The van der Waals surface area contributed by atoms with Gasteiger partial charge in [-0.1, -0.05) is 6.07 Å². The molecule has 0 heterocycles. The number of anilines is 3. The lowest BCUT2D eigenvalue weighted by Crippen LogP contribution is -2.21. The van der Waals surface area contributed by atoms with Crippen LogP contribution in [0.25, 0.3) is 0 Å². The maximum Gasteiger partial charge on any atom is 0.416 e. The molecule has 0 aliphatic heterocycles. The predicted molar refractivity (Wildman–Crippen MR) is 110 cm³/mol. The van der Waals surface area contributed by atoms with Gasteiger partial charge >= 0.3 is 12.1 Å². The summed E-state index contributed by atoms with van der Waals surface area (Å²) in [6, 6.07) is 10.3. The Morgan fingerprint density at radius 1 is 0.812 bits per heavy atom. The van der Waals surface area contributed by atoms with Crippen molar-refractivity contribution in [1.82, 2.24) is 0 Å². The molecule has 3 N–H and O–H groups in total. The van der Waals surface area contributed by atoms with Gasteiger partial charge in [-0.25, -0.2) is 0 Å². The van der Waals surface area contributed by atoms with Crippen molar-refractivity contribution in [2.24, 2.45) is 0 Å². The van der Waals surface area contributed by atoms with Gasteiger partial charge in [-0.05, 0) is 42.5 Å². The number of hydrogen-bond acceptors (Lipinski definition) is 5. The predicted octanol–water partition coefficient (Wildman–Crippen LogP) is 3.56. The lowest BCUT2D eigenvalue weighted by molar-refractivity contribution is -0.147. The highest BCUT2D eigenvalue weighted by atomic mass is 19.4. The van der Waals surface area contributed by atoms with Crippen molar-refractivity contribution in [3.63, 3.8) is 0 Å². The van der Waals surface area contributed by atoms with Crippen LogP contribution in [0.2, 0.25) is 0 Å². The van der Waals surface area contributed by atoms with E-state index in [2.05, 4.69) is 16.0 Å². The number of rotatable bonds is 8. The molecule has 2 aromatic carbocycles. The number of alkyl halides is 3. The number of nitrogens with one attached hydrogen (secondary N) is 3. The van der Waals surface area contributed by atoms with Gasteiger partial charge in [0, 0.05) is 30.4 Å². The van der Waals surface area contributed by atoms with E-state index in [1.54, 1.807) is 24.3 Å². The number of carbonyl (C=O) groups excluding carboxylic acids is 4. The molecule has 0 spiro atoms. The molecule has 2 aromatic rings. The number of hydrogen-bond donors (Lipinski definition) is 3. The highest BCUT2D eigenvalue weighted by Gasteiger charge is 2.30. The first-order valence-electron chi connectivity index (χ1n) is 9.33. The molecule has 0 aromatic heterocycles. The van der Waals surface area contributed by atoms with Gasteiger partial charge in [0.05, 0.1) is 12.0 Å². The van der Waals surface area contributed by atoms with E-state index in [1.807, 2.05) is 0 Å². The molecule has 3 amide bonds. The summed E-state index contributed by atoms with van der Waals surface area (Å²) in [5, 5.41) is 7.33. The number of esters is 1. The number of ether oxygens (including phenoxy) is 1. The minimum atomic E-state index is -4.54. The van der Waals surface area contributed by atoms with E-state index >= 15 is 0 Å². The van der Waals surface area contributed by atoms with Gasteiger partial charge in [0.25, 0.3) is 5.91 Å². The molecule has 0 radical (unpaired) electrons. The summed E-state index contributed by atoms with van der Waals surface area (Å²) >= 11 is 0. The van der Waals surface area contributed by atoms with Crippen LogP contribution in [0.3, 0.4) is 0 Å². The van der Waals surface area contributed by atoms with Crippen LogP contribution < -0.4 is 16.0 Å². The molecule has 0 aliphatic carbocycles. The molecule has 0 saturated carbocycles. The Morgan fingerprint density at radius 2 is 1.41 bits per heavy atom. The van der Waals surface area contributed by atoms with E-state index in [9.17, 15) is 32.3 Å². The van der Waals surface area contributed by atoms with Crippen molar-refractivity contribution >= 4 is 40.8 Å². The third kappa shape index (κ3) is 8.46. The second-order valence-electron chi connectivity index (χ2n) is 6.59. The number of halogens is 3. The van der Waals surface area contributed by atoms with E-state index in [4.69, 9.17) is 4.74 Å². The minimum absolute atomic E-state index is 0.0536. The van der Waals surface area contributed by atoms with Gasteiger partial charge in [-0.15, -0.1) is 0 Å². The Labute approximate surface area is 181 Å². The second-order valence-corrected chi connectivity index (χ2v) is 6.59. The molecule has 170 valence electrons. The van der Waals surface area contributed by atoms with Gasteiger partial charge in [-0.3, -0.25) is 19.2 Å². The molecule has 0 bridgehead atoms. The smallest absolute Gasteiger partial charge is 0.416 e. The summed E-state index contributed by atoms with van der Waals surface area (Å²) in [5.74, 6) is -2.35.